The highest BCUT2D eigenvalue weighted by molar-refractivity contribution is 7.92. The fourth-order valence-corrected chi connectivity index (χ4v) is 5.32. The summed E-state index contributed by atoms with van der Waals surface area (Å²) in [6.45, 7) is 5.07. The molecule has 1 aromatic carbocycles. The van der Waals surface area contributed by atoms with Crippen molar-refractivity contribution in [1.29, 1.82) is 0 Å². The molecular formula is C18H22N2O3S2. The van der Waals surface area contributed by atoms with Crippen molar-refractivity contribution in [2.24, 2.45) is 0 Å². The van der Waals surface area contributed by atoms with E-state index >= 15 is 0 Å². The Hall–Kier alpha value is -1.86. The molecule has 3 rings (SSSR count). The first-order valence-corrected chi connectivity index (χ1v) is 11.0. The third-order valence-electron chi connectivity index (χ3n) is 4.43. The molecular weight excluding hydrogens is 356 g/mol. The molecule has 25 heavy (non-hydrogen) atoms. The number of anilines is 1. The summed E-state index contributed by atoms with van der Waals surface area (Å²) >= 11 is 1.64. The monoisotopic (exact) mass is 378 g/mol. The predicted octanol–water partition coefficient (Wildman–Crippen LogP) is 3.12. The van der Waals surface area contributed by atoms with Gasteiger partial charge in [0.05, 0.1) is 18.5 Å². The fraction of sp³-hybridized carbons (Fsp3) is 0.389. The van der Waals surface area contributed by atoms with Crippen molar-refractivity contribution in [3.8, 4) is 0 Å². The van der Waals surface area contributed by atoms with Crippen LogP contribution in [0.15, 0.2) is 35.7 Å². The Morgan fingerprint density at radius 2 is 2.12 bits per heavy atom. The molecule has 0 saturated heterocycles. The van der Waals surface area contributed by atoms with Crippen molar-refractivity contribution in [3.63, 3.8) is 0 Å². The van der Waals surface area contributed by atoms with E-state index in [2.05, 4.69) is 0 Å². The Morgan fingerprint density at radius 1 is 1.36 bits per heavy atom. The Balaban J connectivity index is 1.87. The Bertz CT molecular complexity index is 876. The highest BCUT2D eigenvalue weighted by Crippen LogP contribution is 2.35. The number of carbonyl (C=O) groups excluding carboxylic acids is 1. The predicted molar refractivity (Wildman–Crippen MR) is 102 cm³/mol. The third-order valence-corrected chi connectivity index (χ3v) is 6.56. The van der Waals surface area contributed by atoms with Gasteiger partial charge in [0, 0.05) is 23.0 Å². The maximum absolute atomic E-state index is 12.9. The molecule has 1 aromatic heterocycles. The van der Waals surface area contributed by atoms with Gasteiger partial charge in [-0.3, -0.25) is 9.10 Å². The zero-order valence-corrected chi connectivity index (χ0v) is 16.2. The molecule has 2 heterocycles. The fourth-order valence-electron chi connectivity index (χ4n) is 3.34. The highest BCUT2D eigenvalue weighted by atomic mass is 32.2. The van der Waals surface area contributed by atoms with E-state index in [0.29, 0.717) is 30.8 Å². The summed E-state index contributed by atoms with van der Waals surface area (Å²) in [6.07, 6.45) is 1.85. The molecule has 1 aliphatic heterocycles. The van der Waals surface area contributed by atoms with E-state index in [9.17, 15) is 13.2 Å². The number of fused-ring (bicyclic) bond motifs is 1. The maximum atomic E-state index is 12.9. The molecule has 2 aromatic rings. The van der Waals surface area contributed by atoms with Crippen LogP contribution < -0.4 is 4.31 Å². The summed E-state index contributed by atoms with van der Waals surface area (Å²) in [5.41, 5.74) is 2.21. The zero-order chi connectivity index (χ0) is 18.2. The lowest BCUT2D eigenvalue weighted by Crippen LogP contribution is -2.34. The molecule has 0 aliphatic carbocycles. The smallest absolute Gasteiger partial charge is 0.254 e. The Kier molecular flexibility index (Phi) is 4.88. The second-order valence-corrected chi connectivity index (χ2v) is 9.25. The number of nitrogens with zero attached hydrogens (tertiary/aromatic N) is 2. The van der Waals surface area contributed by atoms with Gasteiger partial charge in [-0.25, -0.2) is 8.42 Å². The molecule has 0 fully saturated rings. The second-order valence-electron chi connectivity index (χ2n) is 6.35. The lowest BCUT2D eigenvalue weighted by Gasteiger charge is -2.22. The van der Waals surface area contributed by atoms with E-state index in [1.54, 1.807) is 28.4 Å². The van der Waals surface area contributed by atoms with E-state index in [4.69, 9.17) is 0 Å². The molecule has 7 heteroatoms. The van der Waals surface area contributed by atoms with E-state index in [0.717, 1.165) is 10.4 Å². The molecule has 0 radical (unpaired) electrons. The van der Waals surface area contributed by atoms with Gasteiger partial charge in [-0.05, 0) is 55.5 Å². The molecule has 1 aliphatic rings. The topological polar surface area (TPSA) is 57.7 Å². The van der Waals surface area contributed by atoms with Crippen molar-refractivity contribution in [2.45, 2.75) is 32.9 Å². The number of rotatable bonds is 5. The van der Waals surface area contributed by atoms with Gasteiger partial charge in [0.1, 0.15) is 0 Å². The van der Waals surface area contributed by atoms with Crippen molar-refractivity contribution in [1.82, 2.24) is 4.90 Å². The van der Waals surface area contributed by atoms with Crippen molar-refractivity contribution >= 4 is 33.0 Å². The number of hydrogen-bond donors (Lipinski definition) is 0. The Labute approximate surface area is 152 Å². The van der Waals surface area contributed by atoms with Crippen molar-refractivity contribution in [2.75, 3.05) is 17.1 Å². The van der Waals surface area contributed by atoms with Gasteiger partial charge in [0.15, 0.2) is 0 Å². The van der Waals surface area contributed by atoms with Gasteiger partial charge in [0.2, 0.25) is 10.0 Å². The number of amides is 1. The van der Waals surface area contributed by atoms with Crippen LogP contribution in [0.3, 0.4) is 0 Å². The first kappa shape index (κ1) is 17.9. The average molecular weight is 379 g/mol. The van der Waals surface area contributed by atoms with E-state index in [-0.39, 0.29) is 11.9 Å². The lowest BCUT2D eigenvalue weighted by molar-refractivity contribution is 0.0754. The van der Waals surface area contributed by atoms with Gasteiger partial charge in [-0.2, -0.15) is 0 Å². The van der Waals surface area contributed by atoms with E-state index in [1.807, 2.05) is 37.4 Å². The number of carbonyl (C=O) groups is 1. The van der Waals surface area contributed by atoms with Gasteiger partial charge in [-0.15, -0.1) is 11.3 Å². The maximum Gasteiger partial charge on any atom is 0.254 e. The number of thiophene rings is 1. The van der Waals surface area contributed by atoms with Crippen LogP contribution >= 0.6 is 11.3 Å². The van der Waals surface area contributed by atoms with Crippen LogP contribution in [0.25, 0.3) is 0 Å². The van der Waals surface area contributed by atoms with Crippen LogP contribution in [0.2, 0.25) is 0 Å². The lowest BCUT2D eigenvalue weighted by atomic mass is 10.1. The molecule has 1 atom stereocenters. The molecule has 1 unspecified atom stereocenters. The molecule has 0 saturated carbocycles. The number of hydrogen-bond acceptors (Lipinski definition) is 4. The third kappa shape index (κ3) is 3.57. The number of benzene rings is 1. The van der Waals surface area contributed by atoms with Crippen LogP contribution in [0.5, 0.6) is 0 Å². The van der Waals surface area contributed by atoms with Crippen LogP contribution in [-0.4, -0.2) is 38.1 Å². The SMILES string of the molecule is CCN(Cc1cccs1)C(=O)c1ccc2c(c1)CC(C)N2S(C)(=O)=O. The summed E-state index contributed by atoms with van der Waals surface area (Å²) in [6, 6.07) is 9.21. The molecule has 5 nitrogen and oxygen atoms in total. The van der Waals surface area contributed by atoms with Crippen LogP contribution in [0.1, 0.15) is 34.6 Å². The van der Waals surface area contributed by atoms with Gasteiger partial charge in [-0.1, -0.05) is 6.07 Å². The van der Waals surface area contributed by atoms with Crippen LogP contribution in [0.4, 0.5) is 5.69 Å². The average Bonchev–Trinajstić information content (AvgIpc) is 3.16. The molecule has 0 N–H and O–H groups in total. The van der Waals surface area contributed by atoms with Crippen LogP contribution in [0, 0.1) is 0 Å². The molecule has 1 amide bonds. The summed E-state index contributed by atoms with van der Waals surface area (Å²) in [5, 5.41) is 2.00. The minimum atomic E-state index is -3.31. The molecule has 0 spiro atoms. The zero-order valence-electron chi connectivity index (χ0n) is 14.6. The van der Waals surface area contributed by atoms with E-state index < -0.39 is 10.0 Å². The minimum absolute atomic E-state index is 0.0239. The summed E-state index contributed by atoms with van der Waals surface area (Å²) in [4.78, 5) is 15.8. The normalized spacial score (nSPS) is 16.8. The summed E-state index contributed by atoms with van der Waals surface area (Å²) in [5.74, 6) is -0.0239. The van der Waals surface area contributed by atoms with E-state index in [1.165, 1.54) is 10.6 Å². The molecule has 134 valence electrons. The minimum Gasteiger partial charge on any atom is -0.334 e. The quantitative estimate of drug-likeness (QED) is 0.803. The largest absolute Gasteiger partial charge is 0.334 e. The standard InChI is InChI=1S/C18H22N2O3S2/c1-4-19(12-16-6-5-9-24-16)18(21)14-7-8-17-15(11-14)10-13(2)20(17)25(3,22)23/h5-9,11,13H,4,10,12H2,1-3H3. The number of sulfonamides is 1. The van der Waals surface area contributed by atoms with Crippen molar-refractivity contribution < 1.29 is 13.2 Å². The first-order chi connectivity index (χ1) is 11.8. The van der Waals surface area contributed by atoms with Crippen LogP contribution in [-0.2, 0) is 23.0 Å². The highest BCUT2D eigenvalue weighted by Gasteiger charge is 2.33. The van der Waals surface area contributed by atoms with Gasteiger partial charge < -0.3 is 4.90 Å². The van der Waals surface area contributed by atoms with Gasteiger partial charge in [0.25, 0.3) is 5.91 Å². The second kappa shape index (κ2) is 6.80. The molecule has 0 bridgehead atoms. The van der Waals surface area contributed by atoms with Gasteiger partial charge >= 0.3 is 0 Å². The summed E-state index contributed by atoms with van der Waals surface area (Å²) < 4.78 is 25.5. The Morgan fingerprint density at radius 3 is 2.72 bits per heavy atom. The first-order valence-electron chi connectivity index (χ1n) is 8.25. The summed E-state index contributed by atoms with van der Waals surface area (Å²) in [7, 11) is -3.31. The van der Waals surface area contributed by atoms with Crippen molar-refractivity contribution in [3.05, 3.63) is 51.7 Å².